The van der Waals surface area contributed by atoms with Crippen molar-refractivity contribution in [3.05, 3.63) is 81.1 Å². The summed E-state index contributed by atoms with van der Waals surface area (Å²) in [5.74, 6) is 0.104. The van der Waals surface area contributed by atoms with Gasteiger partial charge in [0.15, 0.2) is 5.82 Å². The highest BCUT2D eigenvalue weighted by Crippen LogP contribution is 2.32. The zero-order valence-corrected chi connectivity index (χ0v) is 28.0. The number of nitrogens with two attached hydrogens (primary N) is 2. The fourth-order valence-corrected chi connectivity index (χ4v) is 7.29. The second-order valence-corrected chi connectivity index (χ2v) is 14.1. The molecule has 2 saturated heterocycles. The van der Waals surface area contributed by atoms with Crippen molar-refractivity contribution in [3.63, 3.8) is 0 Å². The second kappa shape index (κ2) is 15.0. The first-order valence-electron chi connectivity index (χ1n) is 16.9. The Morgan fingerprint density at radius 2 is 1.91 bits per heavy atom. The van der Waals surface area contributed by atoms with Gasteiger partial charge in [-0.3, -0.25) is 9.88 Å². The van der Waals surface area contributed by atoms with E-state index >= 15 is 4.39 Å². The average molecular weight is 664 g/mol. The Kier molecular flexibility index (Phi) is 10.8. The van der Waals surface area contributed by atoms with Crippen LogP contribution in [0.3, 0.4) is 0 Å². The topological polar surface area (TPSA) is 136 Å². The molecule has 11 heteroatoms. The molecule has 4 heterocycles. The van der Waals surface area contributed by atoms with Gasteiger partial charge in [-0.25, -0.2) is 9.18 Å². The molecule has 6 rings (SSSR count). The molecule has 2 aliphatic heterocycles. The molecule has 4 aromatic rings. The van der Waals surface area contributed by atoms with E-state index in [-0.39, 0.29) is 23.3 Å². The molecule has 0 saturated carbocycles. The number of hydrogen-bond acceptors (Lipinski definition) is 7. The maximum Gasteiger partial charge on any atom is 0.354 e. The summed E-state index contributed by atoms with van der Waals surface area (Å²) in [7, 11) is 0. The number of aromatic amines is 1. The Hall–Kier alpha value is -3.12. The normalized spacial score (nSPS) is 20.6. The first kappa shape index (κ1) is 33.8. The molecule has 1 unspecified atom stereocenters. The molecule has 2 aromatic carbocycles. The van der Waals surface area contributed by atoms with Gasteiger partial charge in [0.2, 0.25) is 0 Å². The monoisotopic (exact) mass is 663 g/mol. The molecule has 9 nitrogen and oxygen atoms in total. The molecule has 47 heavy (non-hydrogen) atoms. The van der Waals surface area contributed by atoms with Gasteiger partial charge < -0.3 is 26.5 Å². The van der Waals surface area contributed by atoms with Gasteiger partial charge in [-0.15, -0.1) is 0 Å². The lowest BCUT2D eigenvalue weighted by molar-refractivity contribution is -0.0409. The van der Waals surface area contributed by atoms with Crippen molar-refractivity contribution in [2.75, 3.05) is 13.2 Å². The minimum absolute atomic E-state index is 0.0468. The van der Waals surface area contributed by atoms with Crippen LogP contribution in [0.1, 0.15) is 76.0 Å². The fourth-order valence-electron chi connectivity index (χ4n) is 7.04. The second-order valence-electron chi connectivity index (χ2n) is 13.7. The molecule has 2 fully saturated rings. The number of ether oxygens (including phenoxy) is 1. The number of aryl methyl sites for hydroxylation is 1. The highest BCUT2D eigenvalue weighted by atomic mass is 35.5. The maximum atomic E-state index is 15.2. The van der Waals surface area contributed by atoms with Gasteiger partial charge in [0.05, 0.1) is 35.8 Å². The van der Waals surface area contributed by atoms with Gasteiger partial charge in [0.1, 0.15) is 5.65 Å². The molecular formula is C36H47ClFN7O2. The molecule has 2 aliphatic rings. The predicted octanol–water partition coefficient (Wildman–Crippen LogP) is 5.72. The molecule has 0 spiro atoms. The van der Waals surface area contributed by atoms with Crippen molar-refractivity contribution >= 4 is 22.6 Å². The molecular weight excluding hydrogens is 617 g/mol. The van der Waals surface area contributed by atoms with E-state index in [4.69, 9.17) is 27.8 Å². The summed E-state index contributed by atoms with van der Waals surface area (Å²) in [5, 5.41) is 8.21. The molecule has 0 aliphatic carbocycles. The molecule has 5 atom stereocenters. The number of halogens is 2. The third kappa shape index (κ3) is 8.31. The zero-order valence-electron chi connectivity index (χ0n) is 27.3. The zero-order chi connectivity index (χ0) is 33.1. The van der Waals surface area contributed by atoms with Crippen LogP contribution in [-0.4, -0.2) is 52.0 Å². The summed E-state index contributed by atoms with van der Waals surface area (Å²) in [5.41, 5.74) is 15.7. The number of nitrogens with zero attached hydrogens (tertiary/aromatic N) is 2. The summed E-state index contributed by atoms with van der Waals surface area (Å²) in [6.07, 6.45) is 9.66. The van der Waals surface area contributed by atoms with Crippen molar-refractivity contribution in [3.8, 4) is 16.9 Å². The summed E-state index contributed by atoms with van der Waals surface area (Å²) < 4.78 is 22.1. The number of hydrogen-bond donors (Lipinski definition) is 5. The van der Waals surface area contributed by atoms with Crippen molar-refractivity contribution in [1.82, 2.24) is 25.2 Å². The average Bonchev–Trinajstić information content (AvgIpc) is 3.42. The minimum Gasteiger partial charge on any atom is -0.381 e. The fraction of sp³-hybridized carbons (Fsp3) is 0.500. The Morgan fingerprint density at radius 1 is 1.13 bits per heavy atom. The van der Waals surface area contributed by atoms with Gasteiger partial charge in [0.25, 0.3) is 0 Å². The van der Waals surface area contributed by atoms with Crippen LogP contribution in [0.5, 0.6) is 0 Å². The number of benzene rings is 2. The quantitative estimate of drug-likeness (QED) is 0.116. The van der Waals surface area contributed by atoms with Crippen LogP contribution in [0.15, 0.2) is 53.5 Å². The molecule has 252 valence electrons. The van der Waals surface area contributed by atoms with E-state index in [2.05, 4.69) is 32.7 Å². The number of H-pyrrole nitrogens is 1. The minimum atomic E-state index is -0.507. The SMILES string of the molecule is CC(N)N[C@H](CC1COC1)C[C@@H]1CCC[C@@H](c2ccc(-n3cc4cc(-c5cc(CCC[C@H](C)N)cc(Cl)c5F)[nH]c4nc3=O)cc2)N1. The number of rotatable bonds is 13. The number of nitrogens with one attached hydrogen (secondary N) is 3. The van der Waals surface area contributed by atoms with Crippen molar-refractivity contribution in [2.45, 2.75) is 95.5 Å². The van der Waals surface area contributed by atoms with E-state index in [9.17, 15) is 4.79 Å². The number of aromatic nitrogens is 3. The lowest BCUT2D eigenvalue weighted by Crippen LogP contribution is -2.49. The largest absolute Gasteiger partial charge is 0.381 e. The van der Waals surface area contributed by atoms with E-state index in [1.165, 1.54) is 10.1 Å². The summed E-state index contributed by atoms with van der Waals surface area (Å²) in [4.78, 5) is 20.5. The van der Waals surface area contributed by atoms with Crippen molar-refractivity contribution in [2.24, 2.45) is 17.4 Å². The van der Waals surface area contributed by atoms with Crippen LogP contribution in [0.4, 0.5) is 4.39 Å². The maximum absolute atomic E-state index is 15.2. The van der Waals surface area contributed by atoms with Crippen LogP contribution in [0.2, 0.25) is 5.02 Å². The lowest BCUT2D eigenvalue weighted by atomic mass is 9.87. The van der Waals surface area contributed by atoms with Crippen LogP contribution in [-0.2, 0) is 11.2 Å². The summed E-state index contributed by atoms with van der Waals surface area (Å²) in [6.45, 7) is 5.66. The predicted molar refractivity (Wildman–Crippen MR) is 186 cm³/mol. The van der Waals surface area contributed by atoms with Gasteiger partial charge in [-0.05, 0) is 100 Å². The molecule has 7 N–H and O–H groups in total. The third-order valence-electron chi connectivity index (χ3n) is 9.46. The molecule has 2 aromatic heterocycles. The lowest BCUT2D eigenvalue weighted by Gasteiger charge is -2.36. The first-order valence-corrected chi connectivity index (χ1v) is 17.3. The smallest absolute Gasteiger partial charge is 0.354 e. The van der Waals surface area contributed by atoms with Crippen molar-refractivity contribution in [1.29, 1.82) is 0 Å². The molecule has 0 radical (unpaired) electrons. The van der Waals surface area contributed by atoms with E-state index in [0.717, 1.165) is 75.8 Å². The Morgan fingerprint density at radius 3 is 2.62 bits per heavy atom. The van der Waals surface area contributed by atoms with Crippen LogP contribution in [0.25, 0.3) is 28.0 Å². The Bertz CT molecular complexity index is 1720. The molecule has 0 amide bonds. The van der Waals surface area contributed by atoms with Gasteiger partial charge in [0, 0.05) is 47.2 Å². The van der Waals surface area contributed by atoms with E-state index < -0.39 is 11.5 Å². The van der Waals surface area contributed by atoms with Gasteiger partial charge >= 0.3 is 5.69 Å². The Balaban J connectivity index is 1.17. The summed E-state index contributed by atoms with van der Waals surface area (Å²) >= 11 is 6.28. The van der Waals surface area contributed by atoms with Crippen LogP contribution < -0.4 is 27.8 Å². The van der Waals surface area contributed by atoms with E-state index in [1.54, 1.807) is 18.3 Å². The van der Waals surface area contributed by atoms with E-state index in [0.29, 0.717) is 40.3 Å². The first-order chi connectivity index (χ1) is 22.6. The van der Waals surface area contributed by atoms with Crippen LogP contribution in [0, 0.1) is 11.7 Å². The highest BCUT2D eigenvalue weighted by molar-refractivity contribution is 6.31. The van der Waals surface area contributed by atoms with E-state index in [1.807, 2.05) is 32.0 Å². The standard InChI is InChI=1S/C36H47ClFN7O2/c1-21(39)5-3-6-23-14-30(34(38)31(37)15-23)33-16-26-18-45(36(46)44-35(26)43-33)29-11-9-25(10-12-29)32-8-4-7-27(42-32)17-28(41-22(2)40)13-24-19-47-20-24/h9-12,14-16,18,21-22,24,27-28,32,41-42H,3-8,13,17,19-20,39-40H2,1-2H3,(H,43,44,46)/t21-,22?,27-,28+,32-/m0/s1. The number of piperidine rings is 1. The summed E-state index contributed by atoms with van der Waals surface area (Å²) in [6, 6.07) is 14.5. The van der Waals surface area contributed by atoms with Gasteiger partial charge in [-0.2, -0.15) is 4.98 Å². The Labute approximate surface area is 280 Å². The molecule has 0 bridgehead atoms. The van der Waals surface area contributed by atoms with Crippen molar-refractivity contribution < 1.29 is 9.13 Å². The van der Waals surface area contributed by atoms with Gasteiger partial charge in [-0.1, -0.05) is 30.2 Å². The number of fused-ring (bicyclic) bond motifs is 1. The highest BCUT2D eigenvalue weighted by Gasteiger charge is 2.28. The van der Waals surface area contributed by atoms with Crippen LogP contribution >= 0.6 is 11.6 Å². The third-order valence-corrected chi connectivity index (χ3v) is 9.73.